The van der Waals surface area contributed by atoms with Gasteiger partial charge in [-0.2, -0.15) is 0 Å². The summed E-state index contributed by atoms with van der Waals surface area (Å²) in [6, 6.07) is 4.49. The fourth-order valence-corrected chi connectivity index (χ4v) is 1.55. The van der Waals surface area contributed by atoms with Crippen LogP contribution in [0.3, 0.4) is 0 Å². The van der Waals surface area contributed by atoms with Crippen molar-refractivity contribution < 1.29 is 9.50 Å². The lowest BCUT2D eigenvalue weighted by molar-refractivity contribution is 0.283. The lowest BCUT2D eigenvalue weighted by Gasteiger charge is -2.05. The summed E-state index contributed by atoms with van der Waals surface area (Å²) in [5, 5.41) is 12.1. The summed E-state index contributed by atoms with van der Waals surface area (Å²) in [6.45, 7) is 1.63. The number of benzene rings is 1. The third-order valence-electron chi connectivity index (χ3n) is 2.01. The van der Waals surface area contributed by atoms with Gasteiger partial charge in [0.2, 0.25) is 0 Å². The minimum Gasteiger partial charge on any atom is -0.396 e. The number of aliphatic hydroxyl groups excluding tert-OH is 1. The van der Waals surface area contributed by atoms with Gasteiger partial charge in [0.25, 0.3) is 0 Å². The molecule has 0 atom stereocenters. The van der Waals surface area contributed by atoms with Crippen molar-refractivity contribution in [2.75, 3.05) is 13.2 Å². The average Bonchev–Trinajstić information content (AvgIpc) is 2.16. The van der Waals surface area contributed by atoms with Crippen molar-refractivity contribution in [1.29, 1.82) is 0 Å². The minimum atomic E-state index is -0.311. The monoisotopic (exact) mass is 231 g/mol. The van der Waals surface area contributed by atoms with Gasteiger partial charge in [0.15, 0.2) is 0 Å². The van der Waals surface area contributed by atoms with Crippen molar-refractivity contribution >= 4 is 11.6 Å². The molecular weight excluding hydrogens is 217 g/mol. The summed E-state index contributed by atoms with van der Waals surface area (Å²) in [5.41, 5.74) is 0.837. The van der Waals surface area contributed by atoms with E-state index < -0.39 is 0 Å². The van der Waals surface area contributed by atoms with Crippen LogP contribution < -0.4 is 5.32 Å². The minimum absolute atomic E-state index is 0.216. The Balaban J connectivity index is 2.31. The van der Waals surface area contributed by atoms with Crippen LogP contribution in [0.1, 0.15) is 18.4 Å². The van der Waals surface area contributed by atoms with Gasteiger partial charge in [-0.3, -0.25) is 0 Å². The van der Waals surface area contributed by atoms with Crippen LogP contribution in [-0.4, -0.2) is 18.3 Å². The molecule has 0 aliphatic heterocycles. The first-order chi connectivity index (χ1) is 7.22. The van der Waals surface area contributed by atoms with Crippen molar-refractivity contribution in [3.05, 3.63) is 34.6 Å². The molecule has 0 aromatic heterocycles. The largest absolute Gasteiger partial charge is 0.396 e. The van der Waals surface area contributed by atoms with E-state index in [9.17, 15) is 4.39 Å². The lowest BCUT2D eigenvalue weighted by Crippen LogP contribution is -2.15. The Morgan fingerprint density at radius 1 is 1.27 bits per heavy atom. The van der Waals surface area contributed by atoms with Gasteiger partial charge in [0.05, 0.1) is 0 Å². The van der Waals surface area contributed by atoms with E-state index in [1.54, 1.807) is 6.07 Å². The summed E-state index contributed by atoms with van der Waals surface area (Å²) in [4.78, 5) is 0. The first-order valence-electron chi connectivity index (χ1n) is 4.99. The van der Waals surface area contributed by atoms with Crippen molar-refractivity contribution in [3.63, 3.8) is 0 Å². The van der Waals surface area contributed by atoms with E-state index in [2.05, 4.69) is 5.32 Å². The number of rotatable bonds is 6. The van der Waals surface area contributed by atoms with Crippen LogP contribution in [0, 0.1) is 5.82 Å². The summed E-state index contributed by atoms with van der Waals surface area (Å²) >= 11 is 5.71. The first-order valence-corrected chi connectivity index (χ1v) is 5.36. The maximum atomic E-state index is 12.9. The summed E-state index contributed by atoms with van der Waals surface area (Å²) in [7, 11) is 0. The molecule has 0 saturated heterocycles. The highest BCUT2D eigenvalue weighted by Crippen LogP contribution is 2.13. The number of hydrogen-bond acceptors (Lipinski definition) is 2. The molecule has 0 fully saturated rings. The number of nitrogens with one attached hydrogen (secondary N) is 1. The molecule has 0 radical (unpaired) electrons. The number of unbranched alkanes of at least 4 members (excludes halogenated alkanes) is 1. The molecule has 2 N–H and O–H groups in total. The molecule has 15 heavy (non-hydrogen) atoms. The van der Waals surface area contributed by atoms with E-state index in [1.165, 1.54) is 12.1 Å². The molecule has 1 aromatic carbocycles. The Hall–Kier alpha value is -0.640. The molecule has 0 amide bonds. The quantitative estimate of drug-likeness (QED) is 0.737. The zero-order chi connectivity index (χ0) is 11.1. The van der Waals surface area contributed by atoms with Gasteiger partial charge >= 0.3 is 0 Å². The molecule has 1 aromatic rings. The van der Waals surface area contributed by atoms with Crippen LogP contribution in [0.2, 0.25) is 5.02 Å². The van der Waals surface area contributed by atoms with Crippen molar-refractivity contribution in [3.8, 4) is 0 Å². The number of hydrogen-bond donors (Lipinski definition) is 2. The molecule has 0 heterocycles. The third kappa shape index (κ3) is 5.11. The van der Waals surface area contributed by atoms with Gasteiger partial charge in [-0.15, -0.1) is 0 Å². The third-order valence-corrected chi connectivity index (χ3v) is 2.23. The standard InChI is InChI=1S/C11H15ClFNO/c12-10-5-9(6-11(13)7-10)8-14-3-1-2-4-15/h5-7,14-15H,1-4,8H2. The van der Waals surface area contributed by atoms with Crippen molar-refractivity contribution in [2.24, 2.45) is 0 Å². The second kappa shape index (κ2) is 6.77. The molecule has 0 spiro atoms. The van der Waals surface area contributed by atoms with E-state index in [4.69, 9.17) is 16.7 Å². The van der Waals surface area contributed by atoms with Crippen LogP contribution in [-0.2, 0) is 6.54 Å². The highest BCUT2D eigenvalue weighted by molar-refractivity contribution is 6.30. The maximum absolute atomic E-state index is 12.9. The van der Waals surface area contributed by atoms with Gasteiger partial charge < -0.3 is 10.4 Å². The Kier molecular flexibility index (Phi) is 5.61. The van der Waals surface area contributed by atoms with Gasteiger partial charge in [-0.1, -0.05) is 11.6 Å². The van der Waals surface area contributed by atoms with E-state index in [0.29, 0.717) is 11.6 Å². The number of halogens is 2. The Labute approximate surface area is 94.1 Å². The van der Waals surface area contributed by atoms with Crippen LogP contribution >= 0.6 is 11.6 Å². The molecule has 84 valence electrons. The highest BCUT2D eigenvalue weighted by Gasteiger charge is 1.98. The fraction of sp³-hybridized carbons (Fsp3) is 0.455. The number of aliphatic hydroxyl groups is 1. The molecule has 0 saturated carbocycles. The maximum Gasteiger partial charge on any atom is 0.125 e. The van der Waals surface area contributed by atoms with Crippen molar-refractivity contribution in [2.45, 2.75) is 19.4 Å². The van der Waals surface area contributed by atoms with Gasteiger partial charge in [0.1, 0.15) is 5.82 Å². The Morgan fingerprint density at radius 2 is 2.07 bits per heavy atom. The average molecular weight is 232 g/mol. The van der Waals surface area contributed by atoms with Crippen LogP contribution in [0.15, 0.2) is 18.2 Å². The smallest absolute Gasteiger partial charge is 0.125 e. The highest BCUT2D eigenvalue weighted by atomic mass is 35.5. The molecule has 0 aliphatic rings. The van der Waals surface area contributed by atoms with Crippen LogP contribution in [0.5, 0.6) is 0 Å². The Morgan fingerprint density at radius 3 is 2.73 bits per heavy atom. The molecule has 2 nitrogen and oxygen atoms in total. The molecule has 0 aliphatic carbocycles. The van der Waals surface area contributed by atoms with Crippen molar-refractivity contribution in [1.82, 2.24) is 5.32 Å². The fourth-order valence-electron chi connectivity index (χ4n) is 1.31. The topological polar surface area (TPSA) is 32.3 Å². The molecule has 4 heteroatoms. The second-order valence-corrected chi connectivity index (χ2v) is 3.82. The first kappa shape index (κ1) is 12.4. The second-order valence-electron chi connectivity index (χ2n) is 3.39. The summed E-state index contributed by atoms with van der Waals surface area (Å²) < 4.78 is 12.9. The molecular formula is C11H15ClFNO. The molecule has 1 rings (SSSR count). The summed E-state index contributed by atoms with van der Waals surface area (Å²) in [6.07, 6.45) is 1.70. The molecule has 0 bridgehead atoms. The van der Waals surface area contributed by atoms with Gasteiger partial charge in [0, 0.05) is 18.2 Å². The molecule has 0 unspecified atom stereocenters. The Bertz CT molecular complexity index is 286. The van der Waals surface area contributed by atoms with E-state index >= 15 is 0 Å². The SMILES string of the molecule is OCCCCNCc1cc(F)cc(Cl)c1. The van der Waals surface area contributed by atoms with Gasteiger partial charge in [-0.05, 0) is 43.1 Å². The van der Waals surface area contributed by atoms with E-state index in [-0.39, 0.29) is 12.4 Å². The summed E-state index contributed by atoms with van der Waals surface area (Å²) in [5.74, 6) is -0.311. The predicted molar refractivity (Wildman–Crippen MR) is 59.4 cm³/mol. The van der Waals surface area contributed by atoms with Gasteiger partial charge in [-0.25, -0.2) is 4.39 Å². The normalized spacial score (nSPS) is 10.6. The van der Waals surface area contributed by atoms with E-state index in [0.717, 1.165) is 24.9 Å². The zero-order valence-electron chi connectivity index (χ0n) is 8.47. The van der Waals surface area contributed by atoms with Crippen LogP contribution in [0.4, 0.5) is 4.39 Å². The predicted octanol–water partition coefficient (Wildman–Crippen LogP) is 2.34. The lowest BCUT2D eigenvalue weighted by atomic mass is 10.2. The van der Waals surface area contributed by atoms with E-state index in [1.807, 2.05) is 0 Å². The van der Waals surface area contributed by atoms with Crippen LogP contribution in [0.25, 0.3) is 0 Å². The zero-order valence-corrected chi connectivity index (χ0v) is 9.23.